The van der Waals surface area contributed by atoms with Crippen LogP contribution >= 0.6 is 11.6 Å². The van der Waals surface area contributed by atoms with Crippen molar-refractivity contribution in [3.8, 4) is 0 Å². The van der Waals surface area contributed by atoms with Crippen molar-refractivity contribution in [3.05, 3.63) is 64.7 Å². The predicted molar refractivity (Wildman–Crippen MR) is 108 cm³/mol. The first kappa shape index (κ1) is 18.3. The number of carbonyl (C=O) groups excluding carboxylic acids is 1. The third-order valence-corrected chi connectivity index (χ3v) is 5.99. The van der Waals surface area contributed by atoms with Gasteiger partial charge in [-0.3, -0.25) is 4.79 Å². The van der Waals surface area contributed by atoms with Crippen molar-refractivity contribution in [2.45, 2.75) is 43.7 Å². The molecule has 1 amide bonds. The maximum absolute atomic E-state index is 12.7. The van der Waals surface area contributed by atoms with E-state index in [1.807, 2.05) is 42.5 Å². The molecule has 2 aromatic carbocycles. The van der Waals surface area contributed by atoms with Gasteiger partial charge in [-0.15, -0.1) is 0 Å². The summed E-state index contributed by atoms with van der Waals surface area (Å²) >= 11 is 6.30. The normalized spacial score (nSPS) is 25.0. The Kier molecular flexibility index (Phi) is 5.37. The minimum atomic E-state index is -0.402. The molecule has 2 aliphatic rings. The number of carbonyl (C=O) groups is 1. The highest BCUT2D eigenvalue weighted by atomic mass is 35.5. The predicted octanol–water partition coefficient (Wildman–Crippen LogP) is 4.30. The second kappa shape index (κ2) is 7.91. The molecule has 0 bridgehead atoms. The molecule has 27 heavy (non-hydrogen) atoms. The minimum Gasteiger partial charge on any atom is -0.391 e. The molecule has 1 aliphatic carbocycles. The summed E-state index contributed by atoms with van der Waals surface area (Å²) in [5.74, 6) is 0.496. The van der Waals surface area contributed by atoms with E-state index in [1.54, 1.807) is 4.90 Å². The average Bonchev–Trinajstić information content (AvgIpc) is 2.65. The number of amides is 1. The van der Waals surface area contributed by atoms with Crippen LogP contribution in [0.5, 0.6) is 0 Å². The summed E-state index contributed by atoms with van der Waals surface area (Å²) in [5.41, 5.74) is 2.88. The van der Waals surface area contributed by atoms with Gasteiger partial charge >= 0.3 is 0 Å². The van der Waals surface area contributed by atoms with Gasteiger partial charge in [-0.1, -0.05) is 35.9 Å². The van der Waals surface area contributed by atoms with Crippen LogP contribution in [0.1, 0.15) is 47.5 Å². The van der Waals surface area contributed by atoms with Crippen LogP contribution in [0, 0.1) is 0 Å². The van der Waals surface area contributed by atoms with Crippen LogP contribution in [0.25, 0.3) is 0 Å². The third-order valence-electron chi connectivity index (χ3n) is 5.65. The Labute approximate surface area is 165 Å². The van der Waals surface area contributed by atoms with Crippen LogP contribution in [0.15, 0.2) is 48.5 Å². The molecular formula is C22H25ClN2O2. The van der Waals surface area contributed by atoms with Gasteiger partial charge < -0.3 is 15.3 Å². The number of likely N-dealkylation sites (tertiary alicyclic amines) is 1. The lowest BCUT2D eigenvalue weighted by Crippen LogP contribution is -2.42. The first-order chi connectivity index (χ1) is 13.1. The fraction of sp³-hybridized carbons (Fsp3) is 0.409. The molecule has 1 saturated carbocycles. The van der Waals surface area contributed by atoms with Crippen molar-refractivity contribution >= 4 is 23.2 Å². The summed E-state index contributed by atoms with van der Waals surface area (Å²) in [5, 5.41) is 14.2. The van der Waals surface area contributed by atoms with Crippen LogP contribution in [0.2, 0.25) is 5.02 Å². The van der Waals surface area contributed by atoms with Crippen molar-refractivity contribution in [1.29, 1.82) is 0 Å². The molecule has 1 atom stereocenters. The third kappa shape index (κ3) is 4.12. The van der Waals surface area contributed by atoms with E-state index in [0.717, 1.165) is 42.9 Å². The largest absolute Gasteiger partial charge is 0.391 e. The number of aliphatic hydroxyl groups is 1. The Hall–Kier alpha value is -2.04. The smallest absolute Gasteiger partial charge is 0.254 e. The maximum atomic E-state index is 12.7. The Morgan fingerprint density at radius 2 is 1.96 bits per heavy atom. The number of piperidine rings is 1. The molecule has 1 aliphatic heterocycles. The standard InChI is InChI=1S/C22H25ClN2O2/c23-21-9-2-1-8-20(21)16-12-18(13-16)24-17-6-3-5-15(11-17)22(27)25-10-4-7-19(26)14-25/h1-3,5-6,8-9,11,16,18-19,24,26H,4,7,10,12-14H2. The van der Waals surface area contributed by atoms with Gasteiger partial charge in [-0.25, -0.2) is 0 Å². The molecule has 0 spiro atoms. The van der Waals surface area contributed by atoms with Gasteiger partial charge in [0.25, 0.3) is 5.91 Å². The summed E-state index contributed by atoms with van der Waals surface area (Å²) in [4.78, 5) is 14.5. The summed E-state index contributed by atoms with van der Waals surface area (Å²) in [6.45, 7) is 1.15. The van der Waals surface area contributed by atoms with E-state index in [1.165, 1.54) is 5.56 Å². The summed E-state index contributed by atoms with van der Waals surface area (Å²) in [6.07, 6.45) is 3.32. The average molecular weight is 385 g/mol. The molecular weight excluding hydrogens is 360 g/mol. The number of rotatable bonds is 4. The Bertz CT molecular complexity index is 819. The van der Waals surface area contributed by atoms with Crippen molar-refractivity contribution in [2.75, 3.05) is 18.4 Å². The lowest BCUT2D eigenvalue weighted by Gasteiger charge is -2.37. The molecule has 5 heteroatoms. The zero-order valence-electron chi connectivity index (χ0n) is 15.3. The van der Waals surface area contributed by atoms with Crippen molar-refractivity contribution < 1.29 is 9.90 Å². The minimum absolute atomic E-state index is 0.0000432. The molecule has 1 saturated heterocycles. The van der Waals surface area contributed by atoms with E-state index in [-0.39, 0.29) is 5.91 Å². The Morgan fingerprint density at radius 1 is 1.15 bits per heavy atom. The molecule has 4 rings (SSSR count). The number of anilines is 1. The lowest BCUT2D eigenvalue weighted by molar-refractivity contribution is 0.0474. The molecule has 2 aromatic rings. The fourth-order valence-corrected chi connectivity index (χ4v) is 4.39. The van der Waals surface area contributed by atoms with Crippen LogP contribution in [0.3, 0.4) is 0 Å². The highest BCUT2D eigenvalue weighted by Crippen LogP contribution is 2.41. The van der Waals surface area contributed by atoms with Crippen LogP contribution < -0.4 is 5.32 Å². The van der Waals surface area contributed by atoms with E-state index in [4.69, 9.17) is 11.6 Å². The van der Waals surface area contributed by atoms with E-state index in [2.05, 4.69) is 11.4 Å². The number of β-amino-alcohol motifs (C(OH)–C–C–N with tert-alkyl or cyclic N) is 1. The van der Waals surface area contributed by atoms with Gasteiger partial charge in [0.15, 0.2) is 0 Å². The van der Waals surface area contributed by atoms with Crippen LogP contribution in [-0.4, -0.2) is 41.1 Å². The number of halogens is 1. The monoisotopic (exact) mass is 384 g/mol. The quantitative estimate of drug-likeness (QED) is 0.826. The number of benzene rings is 2. The lowest BCUT2D eigenvalue weighted by atomic mass is 9.76. The number of hydrogen-bond acceptors (Lipinski definition) is 3. The Balaban J connectivity index is 1.36. The van der Waals surface area contributed by atoms with Crippen molar-refractivity contribution in [1.82, 2.24) is 4.90 Å². The summed E-state index contributed by atoms with van der Waals surface area (Å²) in [6, 6.07) is 16.1. The first-order valence-corrected chi connectivity index (χ1v) is 10.1. The number of nitrogens with zero attached hydrogens (tertiary/aromatic N) is 1. The van der Waals surface area contributed by atoms with Gasteiger partial charge in [-0.05, 0) is 61.4 Å². The Morgan fingerprint density at radius 3 is 2.74 bits per heavy atom. The SMILES string of the molecule is O=C(c1cccc(NC2CC(c3ccccc3Cl)C2)c1)N1CCCC(O)C1. The van der Waals surface area contributed by atoms with Crippen LogP contribution in [-0.2, 0) is 0 Å². The van der Waals surface area contributed by atoms with E-state index < -0.39 is 6.10 Å². The second-order valence-corrected chi connectivity index (χ2v) is 8.07. The van der Waals surface area contributed by atoms with Crippen molar-refractivity contribution in [2.24, 2.45) is 0 Å². The van der Waals surface area contributed by atoms with Gasteiger partial charge in [0.2, 0.25) is 0 Å². The van der Waals surface area contributed by atoms with Crippen LogP contribution in [0.4, 0.5) is 5.69 Å². The molecule has 1 unspecified atom stereocenters. The fourth-order valence-electron chi connectivity index (χ4n) is 4.10. The second-order valence-electron chi connectivity index (χ2n) is 7.66. The van der Waals surface area contributed by atoms with Crippen molar-refractivity contribution in [3.63, 3.8) is 0 Å². The van der Waals surface area contributed by atoms with Gasteiger partial charge in [0, 0.05) is 35.4 Å². The number of aliphatic hydroxyl groups excluding tert-OH is 1. The molecule has 2 N–H and O–H groups in total. The summed E-state index contributed by atoms with van der Waals surface area (Å²) in [7, 11) is 0. The van der Waals surface area contributed by atoms with Gasteiger partial charge in [-0.2, -0.15) is 0 Å². The molecule has 0 aromatic heterocycles. The molecule has 4 nitrogen and oxygen atoms in total. The number of nitrogens with one attached hydrogen (secondary N) is 1. The van der Waals surface area contributed by atoms with Gasteiger partial charge in [0.05, 0.1) is 6.10 Å². The van der Waals surface area contributed by atoms with E-state index in [9.17, 15) is 9.90 Å². The molecule has 1 heterocycles. The summed E-state index contributed by atoms with van der Waals surface area (Å²) < 4.78 is 0. The van der Waals surface area contributed by atoms with Gasteiger partial charge in [0.1, 0.15) is 0 Å². The maximum Gasteiger partial charge on any atom is 0.254 e. The van der Waals surface area contributed by atoms with E-state index >= 15 is 0 Å². The number of hydrogen-bond donors (Lipinski definition) is 2. The zero-order valence-corrected chi connectivity index (χ0v) is 16.0. The van der Waals surface area contributed by atoms with E-state index in [0.29, 0.717) is 24.1 Å². The zero-order chi connectivity index (χ0) is 18.8. The molecule has 2 fully saturated rings. The topological polar surface area (TPSA) is 52.6 Å². The molecule has 0 radical (unpaired) electrons. The molecule has 142 valence electrons. The highest BCUT2D eigenvalue weighted by Gasteiger charge is 2.31. The first-order valence-electron chi connectivity index (χ1n) is 9.68. The highest BCUT2D eigenvalue weighted by molar-refractivity contribution is 6.31.